The lowest BCUT2D eigenvalue weighted by Gasteiger charge is -2.35. The van der Waals surface area contributed by atoms with Crippen molar-refractivity contribution in [1.29, 1.82) is 0 Å². The molecule has 1 aliphatic rings. The predicted octanol–water partition coefficient (Wildman–Crippen LogP) is 5.25. The molecule has 1 fully saturated rings. The van der Waals surface area contributed by atoms with E-state index in [9.17, 15) is 4.79 Å². The summed E-state index contributed by atoms with van der Waals surface area (Å²) in [5.41, 5.74) is 3.48. The zero-order valence-electron chi connectivity index (χ0n) is 16.5. The molecule has 4 heteroatoms. The van der Waals surface area contributed by atoms with Crippen LogP contribution in [0.1, 0.15) is 49.9 Å². The van der Waals surface area contributed by atoms with Gasteiger partial charge in [-0.1, -0.05) is 30.3 Å². The second-order valence-electron chi connectivity index (χ2n) is 7.49. The molecule has 2 heterocycles. The number of para-hydroxylation sites is 1. The van der Waals surface area contributed by atoms with Crippen LogP contribution in [0.3, 0.4) is 0 Å². The van der Waals surface area contributed by atoms with Gasteiger partial charge in [-0.05, 0) is 67.8 Å². The van der Waals surface area contributed by atoms with Gasteiger partial charge in [-0.3, -0.25) is 4.79 Å². The molecular formula is C24H28N2O2. The van der Waals surface area contributed by atoms with E-state index in [1.807, 2.05) is 25.1 Å². The first-order valence-electron chi connectivity index (χ1n) is 10.3. The molecular weight excluding hydrogens is 348 g/mol. The fourth-order valence-corrected chi connectivity index (χ4v) is 4.14. The molecule has 0 unspecified atom stereocenters. The smallest absolute Gasteiger partial charge is 0.223 e. The number of carbonyl (C=O) groups is 1. The molecule has 1 N–H and O–H groups in total. The van der Waals surface area contributed by atoms with Crippen LogP contribution in [0.5, 0.6) is 5.75 Å². The van der Waals surface area contributed by atoms with Crippen LogP contribution in [-0.4, -0.2) is 28.9 Å². The Bertz CT molecular complexity index is 896. The zero-order chi connectivity index (χ0) is 19.3. The van der Waals surface area contributed by atoms with E-state index in [1.165, 1.54) is 17.4 Å². The molecule has 28 heavy (non-hydrogen) atoms. The lowest BCUT2D eigenvalue weighted by molar-refractivity contribution is -0.135. The van der Waals surface area contributed by atoms with Crippen molar-refractivity contribution in [3.8, 4) is 5.75 Å². The summed E-state index contributed by atoms with van der Waals surface area (Å²) in [7, 11) is 0. The van der Waals surface area contributed by atoms with E-state index in [2.05, 4.69) is 46.3 Å². The Morgan fingerprint density at radius 1 is 1.14 bits per heavy atom. The van der Waals surface area contributed by atoms with Crippen LogP contribution in [-0.2, 0) is 11.2 Å². The number of ether oxygens (including phenoxy) is 1. The number of benzene rings is 2. The van der Waals surface area contributed by atoms with E-state index in [0.717, 1.165) is 42.8 Å². The molecule has 1 atom stereocenters. The van der Waals surface area contributed by atoms with Crippen LogP contribution < -0.4 is 4.74 Å². The minimum absolute atomic E-state index is 0.161. The highest BCUT2D eigenvalue weighted by Gasteiger charge is 2.28. The number of aromatic amines is 1. The first-order valence-corrected chi connectivity index (χ1v) is 10.3. The average molecular weight is 376 g/mol. The van der Waals surface area contributed by atoms with Gasteiger partial charge in [0.05, 0.1) is 12.6 Å². The fourth-order valence-electron chi connectivity index (χ4n) is 4.14. The number of carbonyl (C=O) groups excluding carboxylic acids is 1. The van der Waals surface area contributed by atoms with Gasteiger partial charge in [0.25, 0.3) is 0 Å². The molecule has 1 aliphatic heterocycles. The van der Waals surface area contributed by atoms with Gasteiger partial charge in [-0.2, -0.15) is 0 Å². The molecule has 146 valence electrons. The van der Waals surface area contributed by atoms with Gasteiger partial charge in [0.15, 0.2) is 0 Å². The maximum atomic E-state index is 13.0. The van der Waals surface area contributed by atoms with Crippen molar-refractivity contribution in [2.45, 2.75) is 45.1 Å². The highest BCUT2D eigenvalue weighted by atomic mass is 16.5. The maximum absolute atomic E-state index is 13.0. The third-order valence-corrected chi connectivity index (χ3v) is 5.59. The summed E-state index contributed by atoms with van der Waals surface area (Å²) in [6.07, 6.45) is 4.60. The second-order valence-corrected chi connectivity index (χ2v) is 7.49. The van der Waals surface area contributed by atoms with Crippen LogP contribution in [0.4, 0.5) is 0 Å². The lowest BCUT2D eigenvalue weighted by Crippen LogP contribution is -2.38. The highest BCUT2D eigenvalue weighted by Crippen LogP contribution is 2.33. The SMILES string of the molecule is CCOc1ccc(CCC(=O)N2CCCC[C@H]2c2cc3ccccc3[nH]2)cc1. The Labute approximate surface area is 166 Å². The third-order valence-electron chi connectivity index (χ3n) is 5.59. The number of amides is 1. The summed E-state index contributed by atoms with van der Waals surface area (Å²) >= 11 is 0. The van der Waals surface area contributed by atoms with Crippen LogP contribution in [0.15, 0.2) is 54.6 Å². The molecule has 0 aliphatic carbocycles. The van der Waals surface area contributed by atoms with Gasteiger partial charge in [-0.15, -0.1) is 0 Å². The number of aryl methyl sites for hydroxylation is 1. The quantitative estimate of drug-likeness (QED) is 0.638. The fraction of sp³-hybridized carbons (Fsp3) is 0.375. The molecule has 0 radical (unpaired) electrons. The zero-order valence-corrected chi connectivity index (χ0v) is 16.5. The molecule has 0 saturated carbocycles. The molecule has 1 saturated heterocycles. The average Bonchev–Trinajstić information content (AvgIpc) is 3.17. The molecule has 3 aromatic rings. The molecule has 1 aromatic heterocycles. The first-order chi connectivity index (χ1) is 13.7. The van der Waals surface area contributed by atoms with Crippen LogP contribution in [0, 0.1) is 0 Å². The number of hydrogen-bond donors (Lipinski definition) is 1. The maximum Gasteiger partial charge on any atom is 0.223 e. The first kappa shape index (κ1) is 18.6. The Morgan fingerprint density at radius 2 is 1.96 bits per heavy atom. The van der Waals surface area contributed by atoms with E-state index in [1.54, 1.807) is 0 Å². The van der Waals surface area contributed by atoms with E-state index in [-0.39, 0.29) is 11.9 Å². The van der Waals surface area contributed by atoms with Crippen molar-refractivity contribution >= 4 is 16.8 Å². The Hall–Kier alpha value is -2.75. The number of nitrogens with one attached hydrogen (secondary N) is 1. The molecule has 0 spiro atoms. The Morgan fingerprint density at radius 3 is 2.75 bits per heavy atom. The summed E-state index contributed by atoms with van der Waals surface area (Å²) in [5, 5.41) is 1.21. The summed E-state index contributed by atoms with van der Waals surface area (Å²) in [6, 6.07) is 18.8. The van der Waals surface area contributed by atoms with Crippen molar-refractivity contribution < 1.29 is 9.53 Å². The van der Waals surface area contributed by atoms with Crippen molar-refractivity contribution in [3.63, 3.8) is 0 Å². The largest absolute Gasteiger partial charge is 0.494 e. The standard InChI is InChI=1S/C24H28N2O2/c1-2-28-20-13-10-18(11-14-20)12-15-24(27)26-16-6-5-9-23(26)22-17-19-7-3-4-8-21(19)25-22/h3-4,7-8,10-11,13-14,17,23,25H,2,5-6,9,12,15-16H2,1H3/t23-/m0/s1. The Kier molecular flexibility index (Phi) is 5.65. The number of hydrogen-bond acceptors (Lipinski definition) is 2. The van der Waals surface area contributed by atoms with E-state index in [0.29, 0.717) is 13.0 Å². The van der Waals surface area contributed by atoms with Crippen molar-refractivity contribution in [2.75, 3.05) is 13.2 Å². The summed E-state index contributed by atoms with van der Waals surface area (Å²) in [6.45, 7) is 3.50. The van der Waals surface area contributed by atoms with Gasteiger partial charge in [0.2, 0.25) is 5.91 Å². The number of likely N-dealkylation sites (tertiary alicyclic amines) is 1. The minimum Gasteiger partial charge on any atom is -0.494 e. The van der Waals surface area contributed by atoms with Gasteiger partial charge in [0, 0.05) is 24.2 Å². The normalized spacial score (nSPS) is 17.0. The highest BCUT2D eigenvalue weighted by molar-refractivity contribution is 5.81. The Balaban J connectivity index is 1.44. The van der Waals surface area contributed by atoms with Crippen molar-refractivity contribution in [1.82, 2.24) is 9.88 Å². The van der Waals surface area contributed by atoms with Gasteiger partial charge >= 0.3 is 0 Å². The van der Waals surface area contributed by atoms with E-state index in [4.69, 9.17) is 4.74 Å². The van der Waals surface area contributed by atoms with Crippen LogP contribution in [0.2, 0.25) is 0 Å². The van der Waals surface area contributed by atoms with E-state index >= 15 is 0 Å². The topological polar surface area (TPSA) is 45.3 Å². The van der Waals surface area contributed by atoms with E-state index < -0.39 is 0 Å². The predicted molar refractivity (Wildman–Crippen MR) is 113 cm³/mol. The number of H-pyrrole nitrogens is 1. The molecule has 4 rings (SSSR count). The monoisotopic (exact) mass is 376 g/mol. The van der Waals surface area contributed by atoms with Crippen LogP contribution >= 0.6 is 0 Å². The van der Waals surface area contributed by atoms with Gasteiger partial charge < -0.3 is 14.6 Å². The molecule has 4 nitrogen and oxygen atoms in total. The third kappa shape index (κ3) is 4.06. The minimum atomic E-state index is 0.161. The lowest BCUT2D eigenvalue weighted by atomic mass is 9.98. The van der Waals surface area contributed by atoms with Crippen molar-refractivity contribution in [3.05, 3.63) is 65.9 Å². The molecule has 2 aromatic carbocycles. The molecule has 1 amide bonds. The second kappa shape index (κ2) is 8.51. The molecule has 0 bridgehead atoms. The summed E-state index contributed by atoms with van der Waals surface area (Å²) < 4.78 is 5.49. The van der Waals surface area contributed by atoms with Crippen LogP contribution in [0.25, 0.3) is 10.9 Å². The number of rotatable bonds is 6. The summed E-state index contributed by atoms with van der Waals surface area (Å²) in [4.78, 5) is 18.6. The van der Waals surface area contributed by atoms with Crippen molar-refractivity contribution in [2.24, 2.45) is 0 Å². The van der Waals surface area contributed by atoms with Gasteiger partial charge in [-0.25, -0.2) is 0 Å². The number of aromatic nitrogens is 1. The van der Waals surface area contributed by atoms with Gasteiger partial charge in [0.1, 0.15) is 5.75 Å². The summed E-state index contributed by atoms with van der Waals surface area (Å²) in [5.74, 6) is 1.13. The number of fused-ring (bicyclic) bond motifs is 1. The number of piperidine rings is 1. The number of nitrogens with zero attached hydrogens (tertiary/aromatic N) is 1.